The molecular formula is C8H11N5OS. The highest BCUT2D eigenvalue weighted by atomic mass is 32.1. The lowest BCUT2D eigenvalue weighted by Gasteiger charge is -1.98. The van der Waals surface area contributed by atoms with Crippen LogP contribution in [0.2, 0.25) is 0 Å². The Labute approximate surface area is 91.1 Å². The van der Waals surface area contributed by atoms with E-state index in [2.05, 4.69) is 19.8 Å². The highest BCUT2D eigenvalue weighted by Gasteiger charge is 2.00. The van der Waals surface area contributed by atoms with E-state index < -0.39 is 0 Å². The van der Waals surface area contributed by atoms with Crippen LogP contribution in [0.4, 0.5) is 10.8 Å². The van der Waals surface area contributed by atoms with Crippen LogP contribution < -0.4 is 5.32 Å². The molecule has 0 aromatic carbocycles. The minimum absolute atomic E-state index is 0.653. The number of hydrogen-bond acceptors (Lipinski definition) is 6. The van der Waals surface area contributed by atoms with Crippen LogP contribution >= 0.6 is 11.5 Å². The second-order valence-corrected chi connectivity index (χ2v) is 3.64. The van der Waals surface area contributed by atoms with Gasteiger partial charge >= 0.3 is 0 Å². The van der Waals surface area contributed by atoms with Gasteiger partial charge in [0.05, 0.1) is 25.0 Å². The quantitative estimate of drug-likeness (QED) is 0.826. The topological polar surface area (TPSA) is 64.9 Å². The fraction of sp³-hybridized carbons (Fsp3) is 0.375. The Morgan fingerprint density at radius 3 is 3.27 bits per heavy atom. The van der Waals surface area contributed by atoms with Crippen molar-refractivity contribution < 1.29 is 4.74 Å². The number of aromatic nitrogens is 4. The SMILES string of the molecule is COCCn1cc(Nc2ncns2)cn1. The summed E-state index contributed by atoms with van der Waals surface area (Å²) in [6.07, 6.45) is 5.17. The number of anilines is 2. The lowest BCUT2D eigenvalue weighted by atomic mass is 10.6. The maximum absolute atomic E-state index is 4.96. The van der Waals surface area contributed by atoms with Crippen LogP contribution in [0.1, 0.15) is 0 Å². The third-order valence-corrected chi connectivity index (χ3v) is 2.35. The summed E-state index contributed by atoms with van der Waals surface area (Å²) >= 11 is 1.31. The van der Waals surface area contributed by atoms with E-state index in [9.17, 15) is 0 Å². The average Bonchev–Trinajstić information content (AvgIpc) is 2.87. The molecule has 2 rings (SSSR count). The molecule has 0 saturated heterocycles. The molecule has 80 valence electrons. The minimum atomic E-state index is 0.653. The minimum Gasteiger partial charge on any atom is -0.383 e. The van der Waals surface area contributed by atoms with Gasteiger partial charge in [-0.05, 0) is 0 Å². The van der Waals surface area contributed by atoms with E-state index in [1.54, 1.807) is 13.3 Å². The Morgan fingerprint density at radius 2 is 2.53 bits per heavy atom. The zero-order valence-corrected chi connectivity index (χ0v) is 9.07. The molecule has 15 heavy (non-hydrogen) atoms. The standard InChI is InChI=1S/C8H11N5OS/c1-14-3-2-13-5-7(4-10-13)12-8-9-6-11-15-8/h4-6H,2-3H2,1H3,(H,9,11,12). The van der Waals surface area contributed by atoms with E-state index in [1.807, 2.05) is 10.9 Å². The van der Waals surface area contributed by atoms with Crippen LogP contribution in [-0.2, 0) is 11.3 Å². The van der Waals surface area contributed by atoms with Gasteiger partial charge in [0.1, 0.15) is 6.33 Å². The first-order valence-corrected chi connectivity index (χ1v) is 5.21. The van der Waals surface area contributed by atoms with E-state index in [1.165, 1.54) is 17.9 Å². The van der Waals surface area contributed by atoms with Crippen LogP contribution in [-0.4, -0.2) is 32.9 Å². The lowest BCUT2D eigenvalue weighted by molar-refractivity contribution is 0.183. The Hall–Kier alpha value is -1.47. The largest absolute Gasteiger partial charge is 0.383 e. The molecule has 6 nitrogen and oxygen atoms in total. The van der Waals surface area contributed by atoms with Gasteiger partial charge in [0, 0.05) is 24.8 Å². The fourth-order valence-electron chi connectivity index (χ4n) is 1.09. The molecule has 0 fully saturated rings. The van der Waals surface area contributed by atoms with Crippen molar-refractivity contribution >= 4 is 22.4 Å². The highest BCUT2D eigenvalue weighted by Crippen LogP contribution is 2.15. The molecule has 0 aliphatic carbocycles. The van der Waals surface area contributed by atoms with Crippen LogP contribution in [0.15, 0.2) is 18.7 Å². The number of rotatable bonds is 5. The summed E-state index contributed by atoms with van der Waals surface area (Å²) in [6.45, 7) is 1.40. The maximum atomic E-state index is 4.96. The maximum Gasteiger partial charge on any atom is 0.206 e. The summed E-state index contributed by atoms with van der Waals surface area (Å²) in [7, 11) is 1.67. The van der Waals surface area contributed by atoms with Gasteiger partial charge in [0.25, 0.3) is 0 Å². The van der Waals surface area contributed by atoms with E-state index in [0.717, 1.165) is 17.4 Å². The van der Waals surface area contributed by atoms with Gasteiger partial charge in [-0.2, -0.15) is 9.47 Å². The van der Waals surface area contributed by atoms with Crippen molar-refractivity contribution in [2.24, 2.45) is 0 Å². The molecule has 2 aromatic heterocycles. The second kappa shape index (κ2) is 4.85. The Bertz CT molecular complexity index is 399. The molecule has 0 spiro atoms. The number of ether oxygens (including phenoxy) is 1. The normalized spacial score (nSPS) is 10.5. The van der Waals surface area contributed by atoms with Crippen molar-refractivity contribution in [3.63, 3.8) is 0 Å². The number of hydrogen-bond donors (Lipinski definition) is 1. The van der Waals surface area contributed by atoms with Gasteiger partial charge in [-0.1, -0.05) is 0 Å². The Kier molecular flexibility index (Phi) is 3.25. The van der Waals surface area contributed by atoms with Crippen LogP contribution in [0.3, 0.4) is 0 Å². The third-order valence-electron chi connectivity index (χ3n) is 1.77. The molecule has 0 aliphatic heterocycles. The summed E-state index contributed by atoms with van der Waals surface area (Å²) in [4.78, 5) is 4.02. The van der Waals surface area contributed by atoms with Gasteiger partial charge < -0.3 is 10.1 Å². The summed E-state index contributed by atoms with van der Waals surface area (Å²) < 4.78 is 10.7. The number of nitrogens with one attached hydrogen (secondary N) is 1. The molecular weight excluding hydrogens is 214 g/mol. The second-order valence-electron chi connectivity index (χ2n) is 2.86. The van der Waals surface area contributed by atoms with Crippen molar-refractivity contribution in [2.75, 3.05) is 19.0 Å². The number of methoxy groups -OCH3 is 1. The summed E-state index contributed by atoms with van der Waals surface area (Å²) in [5.41, 5.74) is 0.905. The zero-order valence-electron chi connectivity index (χ0n) is 8.25. The first-order chi connectivity index (χ1) is 7.38. The summed E-state index contributed by atoms with van der Waals surface area (Å²) in [6, 6.07) is 0. The van der Waals surface area contributed by atoms with Crippen molar-refractivity contribution in [1.29, 1.82) is 0 Å². The highest BCUT2D eigenvalue weighted by molar-refractivity contribution is 7.09. The van der Waals surface area contributed by atoms with Gasteiger partial charge in [0.2, 0.25) is 5.13 Å². The molecule has 0 radical (unpaired) electrons. The van der Waals surface area contributed by atoms with Crippen LogP contribution in [0, 0.1) is 0 Å². The first-order valence-electron chi connectivity index (χ1n) is 4.43. The molecule has 7 heteroatoms. The van der Waals surface area contributed by atoms with Crippen LogP contribution in [0.5, 0.6) is 0 Å². The molecule has 2 heterocycles. The predicted molar refractivity (Wildman–Crippen MR) is 57.3 cm³/mol. The molecule has 0 bridgehead atoms. The van der Waals surface area contributed by atoms with Gasteiger partial charge in [0.15, 0.2) is 0 Å². The predicted octanol–water partition coefficient (Wildman–Crippen LogP) is 1.12. The van der Waals surface area contributed by atoms with Crippen molar-refractivity contribution in [2.45, 2.75) is 6.54 Å². The van der Waals surface area contributed by atoms with E-state index in [0.29, 0.717) is 6.61 Å². The van der Waals surface area contributed by atoms with Crippen LogP contribution in [0.25, 0.3) is 0 Å². The molecule has 0 atom stereocenters. The van der Waals surface area contributed by atoms with Crippen molar-refractivity contribution in [1.82, 2.24) is 19.1 Å². The molecule has 0 unspecified atom stereocenters. The summed E-state index contributed by atoms with van der Waals surface area (Å²) in [5, 5.41) is 8.03. The molecule has 0 saturated carbocycles. The average molecular weight is 225 g/mol. The molecule has 0 amide bonds. The van der Waals surface area contributed by atoms with E-state index >= 15 is 0 Å². The van der Waals surface area contributed by atoms with Gasteiger partial charge in [-0.15, -0.1) is 0 Å². The van der Waals surface area contributed by atoms with Gasteiger partial charge in [-0.3, -0.25) is 4.68 Å². The summed E-state index contributed by atoms with van der Waals surface area (Å²) in [5.74, 6) is 0. The van der Waals surface area contributed by atoms with E-state index in [4.69, 9.17) is 4.74 Å². The molecule has 1 N–H and O–H groups in total. The molecule has 2 aromatic rings. The molecule has 0 aliphatic rings. The number of nitrogens with zero attached hydrogens (tertiary/aromatic N) is 4. The Balaban J connectivity index is 1.95. The fourth-order valence-corrected chi connectivity index (χ4v) is 1.54. The lowest BCUT2D eigenvalue weighted by Crippen LogP contribution is -2.03. The monoisotopic (exact) mass is 225 g/mol. The van der Waals surface area contributed by atoms with E-state index in [-0.39, 0.29) is 0 Å². The third kappa shape index (κ3) is 2.74. The first kappa shape index (κ1) is 10.1. The zero-order chi connectivity index (χ0) is 10.5. The van der Waals surface area contributed by atoms with Gasteiger partial charge in [-0.25, -0.2) is 4.98 Å². The smallest absolute Gasteiger partial charge is 0.206 e. The van der Waals surface area contributed by atoms with Crippen molar-refractivity contribution in [3.05, 3.63) is 18.7 Å². The van der Waals surface area contributed by atoms with Crippen molar-refractivity contribution in [3.8, 4) is 0 Å². The Morgan fingerprint density at radius 1 is 1.60 bits per heavy atom.